The van der Waals surface area contributed by atoms with Crippen LogP contribution in [0, 0.1) is 21.4 Å². The molecular weight excluding hydrogens is 360 g/mol. The van der Waals surface area contributed by atoms with E-state index < -0.39 is 26.7 Å². The zero-order valence-corrected chi connectivity index (χ0v) is 14.3. The van der Waals surface area contributed by atoms with Gasteiger partial charge in [0.25, 0.3) is 5.69 Å². The van der Waals surface area contributed by atoms with Gasteiger partial charge in [-0.25, -0.2) is 13.4 Å². The van der Waals surface area contributed by atoms with E-state index in [1.807, 2.05) is 6.07 Å². The number of aromatic nitrogens is 1. The number of pyridine rings is 1. The molecule has 1 aromatic heterocycles. The maximum Gasteiger partial charge on any atom is 0.289 e. The molecule has 2 heterocycles. The van der Waals surface area contributed by atoms with E-state index in [0.717, 1.165) is 10.4 Å². The Bertz CT molecular complexity index is 986. The summed E-state index contributed by atoms with van der Waals surface area (Å²) in [5.74, 6) is 0.235. The molecule has 0 amide bonds. The van der Waals surface area contributed by atoms with E-state index in [0.29, 0.717) is 12.0 Å². The highest BCUT2D eigenvalue weighted by Gasteiger charge is 2.37. The normalized spacial score (nSPS) is 17.6. The lowest BCUT2D eigenvalue weighted by Gasteiger charge is -2.17. The minimum atomic E-state index is -4.01. The molecular formula is C16H14N4O5S. The van der Waals surface area contributed by atoms with Crippen LogP contribution in [0.5, 0.6) is 5.88 Å². The van der Waals surface area contributed by atoms with Crippen molar-refractivity contribution in [2.24, 2.45) is 0 Å². The van der Waals surface area contributed by atoms with E-state index in [4.69, 9.17) is 10.00 Å². The van der Waals surface area contributed by atoms with Crippen LogP contribution < -0.4 is 4.74 Å². The number of nitriles is 1. The van der Waals surface area contributed by atoms with Gasteiger partial charge in [0.1, 0.15) is 6.10 Å². The number of nitro groups is 1. The summed E-state index contributed by atoms with van der Waals surface area (Å²) in [5.41, 5.74) is -0.0716. The fraction of sp³-hybridized carbons (Fsp3) is 0.250. The van der Waals surface area contributed by atoms with E-state index in [1.165, 1.54) is 36.5 Å². The molecule has 3 rings (SSSR count). The minimum Gasteiger partial charge on any atom is -0.473 e. The third kappa shape index (κ3) is 3.49. The maximum absolute atomic E-state index is 12.8. The number of rotatable bonds is 5. The Morgan fingerprint density at radius 3 is 2.85 bits per heavy atom. The van der Waals surface area contributed by atoms with Crippen molar-refractivity contribution in [1.29, 1.82) is 5.26 Å². The summed E-state index contributed by atoms with van der Waals surface area (Å²) in [5, 5.41) is 20.0. The number of nitrogens with zero attached hydrogens (tertiary/aromatic N) is 4. The van der Waals surface area contributed by atoms with Crippen LogP contribution >= 0.6 is 0 Å². The van der Waals surface area contributed by atoms with Gasteiger partial charge in [0.05, 0.1) is 23.1 Å². The highest BCUT2D eigenvalue weighted by atomic mass is 32.2. The number of sulfonamides is 1. The van der Waals surface area contributed by atoms with Crippen molar-refractivity contribution in [2.75, 3.05) is 13.1 Å². The summed E-state index contributed by atoms with van der Waals surface area (Å²) >= 11 is 0. The predicted molar refractivity (Wildman–Crippen MR) is 89.8 cm³/mol. The van der Waals surface area contributed by atoms with Gasteiger partial charge in [-0.2, -0.15) is 9.57 Å². The first-order valence-corrected chi connectivity index (χ1v) is 9.12. The number of benzene rings is 1. The van der Waals surface area contributed by atoms with Crippen molar-refractivity contribution >= 4 is 15.7 Å². The Kier molecular flexibility index (Phi) is 4.83. The monoisotopic (exact) mass is 374 g/mol. The lowest BCUT2D eigenvalue weighted by atomic mass is 10.3. The number of ether oxygens (including phenoxy) is 1. The maximum atomic E-state index is 12.8. The number of hydrogen-bond donors (Lipinski definition) is 0. The second-order valence-electron chi connectivity index (χ2n) is 5.61. The van der Waals surface area contributed by atoms with Crippen LogP contribution in [0.1, 0.15) is 12.0 Å². The number of para-hydroxylation sites is 1. The highest BCUT2D eigenvalue weighted by Crippen LogP contribution is 2.29. The van der Waals surface area contributed by atoms with E-state index >= 15 is 0 Å². The van der Waals surface area contributed by atoms with Crippen molar-refractivity contribution in [3.05, 3.63) is 58.3 Å². The lowest BCUT2D eigenvalue weighted by molar-refractivity contribution is -0.387. The topological polar surface area (TPSA) is 126 Å². The summed E-state index contributed by atoms with van der Waals surface area (Å²) in [6.07, 6.45) is 1.40. The minimum absolute atomic E-state index is 0.0485. The third-order valence-electron chi connectivity index (χ3n) is 3.94. The molecule has 1 fully saturated rings. The quantitative estimate of drug-likeness (QED) is 0.576. The smallest absolute Gasteiger partial charge is 0.289 e. The van der Waals surface area contributed by atoms with Gasteiger partial charge >= 0.3 is 0 Å². The first-order valence-electron chi connectivity index (χ1n) is 7.68. The Labute approximate surface area is 149 Å². The van der Waals surface area contributed by atoms with Crippen molar-refractivity contribution in [3.63, 3.8) is 0 Å². The molecule has 0 spiro atoms. The molecule has 0 aliphatic carbocycles. The van der Waals surface area contributed by atoms with Crippen LogP contribution in [0.25, 0.3) is 0 Å². The summed E-state index contributed by atoms with van der Waals surface area (Å²) < 4.78 is 32.3. The van der Waals surface area contributed by atoms with Crippen LogP contribution in [0.15, 0.2) is 47.5 Å². The van der Waals surface area contributed by atoms with Crippen LogP contribution in [-0.4, -0.2) is 41.8 Å². The largest absolute Gasteiger partial charge is 0.473 e. The van der Waals surface area contributed by atoms with Gasteiger partial charge in [-0.1, -0.05) is 12.1 Å². The molecule has 134 valence electrons. The third-order valence-corrected chi connectivity index (χ3v) is 5.85. The van der Waals surface area contributed by atoms with Gasteiger partial charge in [0.15, 0.2) is 4.90 Å². The summed E-state index contributed by atoms with van der Waals surface area (Å²) in [7, 11) is -4.01. The summed E-state index contributed by atoms with van der Waals surface area (Å²) in [6.45, 7) is 0.226. The second-order valence-corrected chi connectivity index (χ2v) is 7.52. The fourth-order valence-corrected chi connectivity index (χ4v) is 4.34. The van der Waals surface area contributed by atoms with E-state index in [2.05, 4.69) is 4.98 Å². The summed E-state index contributed by atoms with van der Waals surface area (Å²) in [6, 6.07) is 10.2. The molecule has 0 radical (unpaired) electrons. The Morgan fingerprint density at radius 2 is 2.12 bits per heavy atom. The van der Waals surface area contributed by atoms with E-state index in [9.17, 15) is 18.5 Å². The van der Waals surface area contributed by atoms with Crippen molar-refractivity contribution in [3.8, 4) is 11.9 Å². The molecule has 1 saturated heterocycles. The van der Waals surface area contributed by atoms with Crippen LogP contribution in [-0.2, 0) is 10.0 Å². The van der Waals surface area contributed by atoms with Crippen LogP contribution in [0.2, 0.25) is 0 Å². The molecule has 1 aromatic carbocycles. The van der Waals surface area contributed by atoms with Crippen molar-refractivity contribution in [1.82, 2.24) is 9.29 Å². The first-order chi connectivity index (χ1) is 12.4. The Balaban J connectivity index is 1.78. The molecule has 1 aliphatic heterocycles. The molecule has 2 aromatic rings. The first kappa shape index (κ1) is 17.8. The molecule has 0 bridgehead atoms. The highest BCUT2D eigenvalue weighted by molar-refractivity contribution is 7.89. The lowest BCUT2D eigenvalue weighted by Crippen LogP contribution is -2.31. The van der Waals surface area contributed by atoms with Gasteiger partial charge in [0.2, 0.25) is 15.9 Å². The molecule has 1 atom stereocenters. The molecule has 26 heavy (non-hydrogen) atoms. The second kappa shape index (κ2) is 7.07. The Morgan fingerprint density at radius 1 is 1.35 bits per heavy atom. The Hall–Kier alpha value is -3.03. The van der Waals surface area contributed by atoms with Gasteiger partial charge in [-0.15, -0.1) is 0 Å². The van der Waals surface area contributed by atoms with Crippen LogP contribution in [0.4, 0.5) is 5.69 Å². The predicted octanol–water partition coefficient (Wildman–Crippen LogP) is 1.70. The zero-order chi connectivity index (χ0) is 18.7. The zero-order valence-electron chi connectivity index (χ0n) is 13.5. The molecule has 9 nitrogen and oxygen atoms in total. The average Bonchev–Trinajstić information content (AvgIpc) is 3.11. The van der Waals surface area contributed by atoms with Crippen molar-refractivity contribution < 1.29 is 18.1 Å². The van der Waals surface area contributed by atoms with Gasteiger partial charge in [0, 0.05) is 24.9 Å². The van der Waals surface area contributed by atoms with Gasteiger partial charge < -0.3 is 4.74 Å². The van der Waals surface area contributed by atoms with Crippen LogP contribution in [0.3, 0.4) is 0 Å². The molecule has 10 heteroatoms. The van der Waals surface area contributed by atoms with Gasteiger partial charge in [-0.05, 0) is 18.6 Å². The molecule has 1 aliphatic rings. The number of hydrogen-bond acceptors (Lipinski definition) is 7. The average molecular weight is 374 g/mol. The fourth-order valence-electron chi connectivity index (χ4n) is 2.69. The summed E-state index contributed by atoms with van der Waals surface area (Å²) in [4.78, 5) is 14.1. The SMILES string of the molecule is N#Cc1ccnc(OC2CCN(S(=O)(=O)c3ccccc3[N+](=O)[O-])C2)c1. The standard InChI is InChI=1S/C16H14N4O5S/c17-10-12-5-7-18-16(9-12)25-13-6-8-19(11-13)26(23,24)15-4-2-1-3-14(15)20(21)22/h1-5,7,9,13H,6,8,11H2. The number of nitro benzene ring substituents is 1. The van der Waals surface area contributed by atoms with Gasteiger partial charge in [-0.3, -0.25) is 10.1 Å². The molecule has 0 saturated carbocycles. The van der Waals surface area contributed by atoms with E-state index in [-0.39, 0.29) is 23.9 Å². The molecule has 0 N–H and O–H groups in total. The van der Waals surface area contributed by atoms with Crippen molar-refractivity contribution in [2.45, 2.75) is 17.4 Å². The molecule has 1 unspecified atom stereocenters. The van der Waals surface area contributed by atoms with E-state index in [1.54, 1.807) is 0 Å².